The Bertz CT molecular complexity index is 1550. The van der Waals surface area contributed by atoms with Gasteiger partial charge in [-0.25, -0.2) is 4.79 Å². The van der Waals surface area contributed by atoms with Crippen LogP contribution >= 0.6 is 11.6 Å². The highest BCUT2D eigenvalue weighted by molar-refractivity contribution is 6.30. The number of ether oxygens (including phenoxy) is 2. The molecule has 1 fully saturated rings. The maximum absolute atomic E-state index is 13.9. The van der Waals surface area contributed by atoms with E-state index in [1.807, 2.05) is 67.3 Å². The monoisotopic (exact) mass is 647 g/mol. The molecule has 246 valence electrons. The van der Waals surface area contributed by atoms with Gasteiger partial charge in [0.05, 0.1) is 25.7 Å². The van der Waals surface area contributed by atoms with Gasteiger partial charge < -0.3 is 29.3 Å². The highest BCUT2D eigenvalue weighted by atomic mass is 35.5. The molecule has 5 rings (SSSR count). The number of hydrogen-bond donors (Lipinski definition) is 1. The predicted octanol–water partition coefficient (Wildman–Crippen LogP) is 7.91. The molecule has 9 heteroatoms. The minimum absolute atomic E-state index is 0.00801. The summed E-state index contributed by atoms with van der Waals surface area (Å²) in [6.07, 6.45) is 0.179. The first-order valence-corrected chi connectivity index (χ1v) is 16.4. The molecule has 3 aromatic carbocycles. The number of anilines is 2. The Labute approximate surface area is 277 Å². The fourth-order valence-corrected chi connectivity index (χ4v) is 7.15. The number of likely N-dealkylation sites (tertiary alicyclic amines) is 1. The van der Waals surface area contributed by atoms with E-state index in [9.17, 15) is 14.7 Å². The molecule has 2 heterocycles. The largest absolute Gasteiger partial charge is 0.493 e. The molecule has 0 saturated carbocycles. The van der Waals surface area contributed by atoms with Crippen LogP contribution in [0.25, 0.3) is 0 Å². The maximum Gasteiger partial charge on any atom is 0.407 e. The van der Waals surface area contributed by atoms with Crippen LogP contribution in [0.15, 0.2) is 60.7 Å². The summed E-state index contributed by atoms with van der Waals surface area (Å²) in [4.78, 5) is 31.3. The minimum atomic E-state index is -0.841. The molecule has 8 nitrogen and oxygen atoms in total. The third-order valence-corrected chi connectivity index (χ3v) is 9.60. The number of methoxy groups -OCH3 is 1. The van der Waals surface area contributed by atoms with E-state index in [-0.39, 0.29) is 35.8 Å². The molecule has 3 aromatic rings. The average molecular weight is 648 g/mol. The van der Waals surface area contributed by atoms with Gasteiger partial charge in [0.2, 0.25) is 5.91 Å². The molecule has 1 saturated heterocycles. The van der Waals surface area contributed by atoms with Gasteiger partial charge in [0.25, 0.3) is 0 Å². The van der Waals surface area contributed by atoms with E-state index in [1.165, 1.54) is 0 Å². The van der Waals surface area contributed by atoms with Crippen molar-refractivity contribution in [2.24, 2.45) is 17.3 Å². The Balaban J connectivity index is 1.46. The van der Waals surface area contributed by atoms with Gasteiger partial charge in [-0.3, -0.25) is 4.79 Å². The van der Waals surface area contributed by atoms with Crippen molar-refractivity contribution in [2.45, 2.75) is 59.6 Å². The van der Waals surface area contributed by atoms with Crippen molar-refractivity contribution in [2.75, 3.05) is 43.6 Å². The summed E-state index contributed by atoms with van der Waals surface area (Å²) in [7, 11) is 3.70. The number of carbonyl (C=O) groups is 2. The third-order valence-electron chi connectivity index (χ3n) is 9.35. The molecular formula is C37H46ClN3O5. The van der Waals surface area contributed by atoms with Crippen molar-refractivity contribution in [3.8, 4) is 11.5 Å². The number of fused-ring (bicyclic) bond motifs is 1. The summed E-state index contributed by atoms with van der Waals surface area (Å²) >= 11 is 6.28. The highest BCUT2D eigenvalue weighted by Gasteiger charge is 2.39. The predicted molar refractivity (Wildman–Crippen MR) is 184 cm³/mol. The second kappa shape index (κ2) is 13.4. The Morgan fingerprint density at radius 1 is 1.07 bits per heavy atom. The Morgan fingerprint density at radius 2 is 1.74 bits per heavy atom. The Morgan fingerprint density at radius 3 is 2.33 bits per heavy atom. The van der Waals surface area contributed by atoms with Gasteiger partial charge >= 0.3 is 6.09 Å². The molecule has 0 aromatic heterocycles. The van der Waals surface area contributed by atoms with Crippen LogP contribution in [0.5, 0.6) is 11.5 Å². The van der Waals surface area contributed by atoms with E-state index in [0.717, 1.165) is 41.0 Å². The number of benzene rings is 3. The lowest BCUT2D eigenvalue weighted by Crippen LogP contribution is -2.50. The van der Waals surface area contributed by atoms with Crippen LogP contribution in [-0.4, -0.2) is 61.9 Å². The highest BCUT2D eigenvalue weighted by Crippen LogP contribution is 2.44. The van der Waals surface area contributed by atoms with Gasteiger partial charge in [-0.2, -0.15) is 0 Å². The van der Waals surface area contributed by atoms with E-state index in [2.05, 4.69) is 44.9 Å². The van der Waals surface area contributed by atoms with E-state index in [4.69, 9.17) is 21.1 Å². The molecule has 3 unspecified atom stereocenters. The lowest BCUT2D eigenvalue weighted by Gasteiger charge is -2.45. The summed E-state index contributed by atoms with van der Waals surface area (Å²) in [6, 6.07) is 19.4. The quantitative estimate of drug-likeness (QED) is 0.268. The molecule has 0 aliphatic carbocycles. The Kier molecular flexibility index (Phi) is 9.78. The first kappa shape index (κ1) is 33.5. The SMILES string of the molecule is COc1cc2c(cc1OC(C)C)C(c1ccc(Cl)cc1)N(c1ccc(N(C)CC3CCN(C(=O)O)CC3C(C)(C)C)cc1)C(=O)C2. The smallest absolute Gasteiger partial charge is 0.407 e. The molecule has 0 bridgehead atoms. The Hall–Kier alpha value is -3.91. The van der Waals surface area contributed by atoms with Crippen LogP contribution < -0.4 is 19.3 Å². The van der Waals surface area contributed by atoms with Gasteiger partial charge in [-0.05, 0) is 103 Å². The zero-order chi connectivity index (χ0) is 33.3. The summed E-state index contributed by atoms with van der Waals surface area (Å²) in [5.74, 6) is 1.84. The summed E-state index contributed by atoms with van der Waals surface area (Å²) in [5, 5.41) is 10.2. The minimum Gasteiger partial charge on any atom is -0.493 e. The lowest BCUT2D eigenvalue weighted by atomic mass is 9.70. The summed E-state index contributed by atoms with van der Waals surface area (Å²) < 4.78 is 11.8. The standard InChI is InChI=1S/C37H46ClN3O5/c1-23(2)46-33-20-30-26(18-32(33)45-7)19-34(42)41(35(30)24-8-10-27(38)11-9-24)29-14-12-28(13-15-29)39(6)21-25-16-17-40(36(43)44)22-31(25)37(3,4)5/h8-15,18,20,23,25,31,35H,16-17,19,21-22H2,1-7H3,(H,43,44). The average Bonchev–Trinajstić information content (AvgIpc) is 3.00. The van der Waals surface area contributed by atoms with Gasteiger partial charge in [-0.15, -0.1) is 0 Å². The first-order valence-electron chi connectivity index (χ1n) is 16.0. The fourth-order valence-electron chi connectivity index (χ4n) is 7.03. The number of carbonyl (C=O) groups excluding carboxylic acids is 1. The number of piperidine rings is 1. The zero-order valence-corrected chi connectivity index (χ0v) is 28.7. The van der Waals surface area contributed by atoms with Crippen LogP contribution in [0.2, 0.25) is 5.02 Å². The van der Waals surface area contributed by atoms with E-state index in [0.29, 0.717) is 35.5 Å². The normalized spacial score (nSPS) is 20.0. The van der Waals surface area contributed by atoms with Crippen LogP contribution in [0.3, 0.4) is 0 Å². The van der Waals surface area contributed by atoms with Crippen LogP contribution in [0.1, 0.15) is 63.8 Å². The molecule has 2 amide bonds. The lowest BCUT2D eigenvalue weighted by molar-refractivity contribution is -0.118. The van der Waals surface area contributed by atoms with Crippen LogP contribution in [-0.2, 0) is 11.2 Å². The summed E-state index contributed by atoms with van der Waals surface area (Å²) in [5.41, 5.74) is 4.67. The molecule has 2 aliphatic heterocycles. The second-order valence-electron chi connectivity index (χ2n) is 13.9. The number of amides is 2. The summed E-state index contributed by atoms with van der Waals surface area (Å²) in [6.45, 7) is 12.5. The molecule has 0 radical (unpaired) electrons. The van der Waals surface area contributed by atoms with Crippen molar-refractivity contribution in [3.63, 3.8) is 0 Å². The van der Waals surface area contributed by atoms with Crippen molar-refractivity contribution in [3.05, 3.63) is 82.4 Å². The van der Waals surface area contributed by atoms with Crippen LogP contribution in [0.4, 0.5) is 16.2 Å². The third kappa shape index (κ3) is 7.07. The van der Waals surface area contributed by atoms with Crippen molar-refractivity contribution in [1.82, 2.24) is 4.90 Å². The van der Waals surface area contributed by atoms with Crippen molar-refractivity contribution in [1.29, 1.82) is 0 Å². The number of hydrogen-bond acceptors (Lipinski definition) is 5. The van der Waals surface area contributed by atoms with E-state index in [1.54, 1.807) is 12.0 Å². The first-order chi connectivity index (χ1) is 21.8. The maximum atomic E-state index is 13.9. The van der Waals surface area contributed by atoms with Gasteiger partial charge in [-0.1, -0.05) is 44.5 Å². The van der Waals surface area contributed by atoms with Crippen molar-refractivity contribution >= 4 is 35.0 Å². The topological polar surface area (TPSA) is 82.6 Å². The second-order valence-corrected chi connectivity index (χ2v) is 14.3. The molecule has 2 aliphatic rings. The zero-order valence-electron chi connectivity index (χ0n) is 27.9. The number of carboxylic acid groups (broad SMARTS) is 1. The van der Waals surface area contributed by atoms with E-state index < -0.39 is 6.09 Å². The fraction of sp³-hybridized carbons (Fsp3) is 0.459. The molecule has 3 atom stereocenters. The molecule has 46 heavy (non-hydrogen) atoms. The number of halogens is 1. The van der Waals surface area contributed by atoms with Crippen molar-refractivity contribution < 1.29 is 24.2 Å². The molecular weight excluding hydrogens is 602 g/mol. The van der Waals surface area contributed by atoms with Gasteiger partial charge in [0, 0.05) is 43.1 Å². The van der Waals surface area contributed by atoms with E-state index >= 15 is 0 Å². The van der Waals surface area contributed by atoms with Gasteiger partial charge in [0.1, 0.15) is 0 Å². The van der Waals surface area contributed by atoms with Gasteiger partial charge in [0.15, 0.2) is 11.5 Å². The molecule has 0 spiro atoms. The molecule has 1 N–H and O–H groups in total. The number of rotatable bonds is 8. The van der Waals surface area contributed by atoms with Crippen LogP contribution in [0, 0.1) is 17.3 Å². The number of nitrogens with zero attached hydrogens (tertiary/aromatic N) is 3.